The van der Waals surface area contributed by atoms with Gasteiger partial charge in [-0.15, -0.1) is 0 Å². The fourth-order valence-corrected chi connectivity index (χ4v) is 2.09. The maximum absolute atomic E-state index is 12.5. The summed E-state index contributed by atoms with van der Waals surface area (Å²) in [5.41, 5.74) is -0.682. The first-order chi connectivity index (χ1) is 9.08. The third kappa shape index (κ3) is 2.16. The first-order valence-electron chi connectivity index (χ1n) is 5.94. The van der Waals surface area contributed by atoms with Gasteiger partial charge in [0, 0.05) is 0 Å². The van der Waals surface area contributed by atoms with E-state index in [9.17, 15) is 9.59 Å². The Balaban J connectivity index is 2.41. The summed E-state index contributed by atoms with van der Waals surface area (Å²) in [5, 5.41) is 0. The lowest BCUT2D eigenvalue weighted by Gasteiger charge is -2.14. The summed E-state index contributed by atoms with van der Waals surface area (Å²) in [7, 11) is 4.29. The quantitative estimate of drug-likeness (QED) is 0.461. The Morgan fingerprint density at radius 2 is 1.79 bits per heavy atom. The monoisotopic (exact) mass is 264 g/mol. The van der Waals surface area contributed by atoms with Gasteiger partial charge in [-0.3, -0.25) is 9.59 Å². The molecule has 0 bridgehead atoms. The van der Waals surface area contributed by atoms with Crippen LogP contribution in [0.3, 0.4) is 0 Å². The van der Waals surface area contributed by atoms with Crippen LogP contribution in [0.5, 0.6) is 11.5 Å². The van der Waals surface area contributed by atoms with Gasteiger partial charge in [-0.2, -0.15) is 0 Å². The highest BCUT2D eigenvalue weighted by atomic mass is 16.5. The van der Waals surface area contributed by atoms with Gasteiger partial charge in [-0.25, -0.2) is 0 Å². The van der Waals surface area contributed by atoms with Crippen LogP contribution in [0.4, 0.5) is 0 Å². The molecule has 0 radical (unpaired) electrons. The summed E-state index contributed by atoms with van der Waals surface area (Å²) < 4.78 is 15.0. The molecule has 1 aliphatic carbocycles. The number of carbonyl (C=O) groups is 2. The second-order valence-electron chi connectivity index (χ2n) is 4.47. The van der Waals surface area contributed by atoms with Crippen molar-refractivity contribution in [1.82, 2.24) is 0 Å². The van der Waals surface area contributed by atoms with Gasteiger partial charge in [-0.1, -0.05) is 0 Å². The molecule has 0 unspecified atom stereocenters. The van der Waals surface area contributed by atoms with E-state index in [-0.39, 0.29) is 5.78 Å². The second kappa shape index (κ2) is 4.91. The Bertz CT molecular complexity index is 517. The molecule has 0 N–H and O–H groups in total. The molecule has 1 aliphatic rings. The average Bonchev–Trinajstić information content (AvgIpc) is 3.26. The standard InChI is InChI=1S/C14H16O5/c1-17-9-4-5-11(18-2)10(8-9)12(15)14(6-7-14)13(16)19-3/h4-5,8H,6-7H2,1-3H3. The van der Waals surface area contributed by atoms with Crippen LogP contribution >= 0.6 is 0 Å². The topological polar surface area (TPSA) is 61.8 Å². The summed E-state index contributed by atoms with van der Waals surface area (Å²) in [6, 6.07) is 4.94. The summed E-state index contributed by atoms with van der Waals surface area (Å²) in [4.78, 5) is 24.3. The minimum Gasteiger partial charge on any atom is -0.497 e. The highest BCUT2D eigenvalue weighted by Gasteiger charge is 2.58. The lowest BCUT2D eigenvalue weighted by molar-refractivity contribution is -0.145. The van der Waals surface area contributed by atoms with E-state index in [1.807, 2.05) is 0 Å². The van der Waals surface area contributed by atoms with E-state index in [4.69, 9.17) is 14.2 Å². The minimum absolute atomic E-state index is 0.268. The normalized spacial score (nSPS) is 15.5. The van der Waals surface area contributed by atoms with Crippen LogP contribution in [0, 0.1) is 5.41 Å². The fraction of sp³-hybridized carbons (Fsp3) is 0.429. The Hall–Kier alpha value is -2.04. The molecule has 2 rings (SSSR count). The van der Waals surface area contributed by atoms with Gasteiger partial charge in [0.2, 0.25) is 0 Å². The van der Waals surface area contributed by atoms with Crippen molar-refractivity contribution in [3.8, 4) is 11.5 Å². The van der Waals surface area contributed by atoms with Gasteiger partial charge in [0.05, 0.1) is 26.9 Å². The molecular weight excluding hydrogens is 248 g/mol. The number of ketones is 1. The number of hydrogen-bond donors (Lipinski definition) is 0. The largest absolute Gasteiger partial charge is 0.497 e. The van der Waals surface area contributed by atoms with Crippen LogP contribution in [0.15, 0.2) is 18.2 Å². The summed E-state index contributed by atoms with van der Waals surface area (Å²) in [5.74, 6) is 0.225. The molecular formula is C14H16O5. The van der Waals surface area contributed by atoms with Crippen LogP contribution in [0.1, 0.15) is 23.2 Å². The molecule has 1 saturated carbocycles. The lowest BCUT2D eigenvalue weighted by Crippen LogP contribution is -2.27. The Morgan fingerprint density at radius 1 is 1.11 bits per heavy atom. The molecule has 0 saturated heterocycles. The van der Waals surface area contributed by atoms with E-state index in [0.29, 0.717) is 29.9 Å². The van der Waals surface area contributed by atoms with Crippen molar-refractivity contribution in [2.45, 2.75) is 12.8 Å². The van der Waals surface area contributed by atoms with Gasteiger partial charge in [0.1, 0.15) is 16.9 Å². The molecule has 0 aromatic heterocycles. The van der Waals surface area contributed by atoms with E-state index in [2.05, 4.69) is 0 Å². The van der Waals surface area contributed by atoms with Gasteiger partial charge in [-0.05, 0) is 31.0 Å². The molecule has 19 heavy (non-hydrogen) atoms. The molecule has 0 atom stereocenters. The number of methoxy groups -OCH3 is 3. The van der Waals surface area contributed by atoms with Crippen LogP contribution in [-0.4, -0.2) is 33.1 Å². The maximum atomic E-state index is 12.5. The van der Waals surface area contributed by atoms with Crippen molar-refractivity contribution < 1.29 is 23.8 Å². The van der Waals surface area contributed by atoms with Crippen LogP contribution in [0.25, 0.3) is 0 Å². The van der Waals surface area contributed by atoms with Crippen molar-refractivity contribution in [3.63, 3.8) is 0 Å². The number of esters is 1. The number of carbonyl (C=O) groups excluding carboxylic acids is 2. The van der Waals surface area contributed by atoms with Crippen molar-refractivity contribution in [2.75, 3.05) is 21.3 Å². The van der Waals surface area contributed by atoms with E-state index in [1.54, 1.807) is 18.2 Å². The van der Waals surface area contributed by atoms with Crippen molar-refractivity contribution in [2.24, 2.45) is 5.41 Å². The van der Waals surface area contributed by atoms with Crippen LogP contribution in [-0.2, 0) is 9.53 Å². The zero-order chi connectivity index (χ0) is 14.0. The van der Waals surface area contributed by atoms with E-state index < -0.39 is 11.4 Å². The zero-order valence-electron chi connectivity index (χ0n) is 11.2. The zero-order valence-corrected chi connectivity index (χ0v) is 11.2. The third-order valence-corrected chi connectivity index (χ3v) is 3.41. The second-order valence-corrected chi connectivity index (χ2v) is 4.47. The van der Waals surface area contributed by atoms with Crippen LogP contribution in [0.2, 0.25) is 0 Å². The highest BCUT2D eigenvalue weighted by Crippen LogP contribution is 2.50. The minimum atomic E-state index is -1.03. The SMILES string of the molecule is COC(=O)C1(C(=O)c2cc(OC)ccc2OC)CC1. The predicted molar refractivity (Wildman–Crippen MR) is 67.6 cm³/mol. The summed E-state index contributed by atoms with van der Waals surface area (Å²) in [6.45, 7) is 0. The molecule has 5 heteroatoms. The van der Waals surface area contributed by atoms with Gasteiger partial charge in [0.25, 0.3) is 0 Å². The third-order valence-electron chi connectivity index (χ3n) is 3.41. The number of rotatable bonds is 5. The number of Topliss-reactive ketones (excluding diaryl/α,β-unsaturated/α-hetero) is 1. The summed E-state index contributed by atoms with van der Waals surface area (Å²) >= 11 is 0. The van der Waals surface area contributed by atoms with E-state index in [0.717, 1.165) is 0 Å². The number of benzene rings is 1. The number of ether oxygens (including phenoxy) is 3. The summed E-state index contributed by atoms with van der Waals surface area (Å²) in [6.07, 6.45) is 1.03. The first kappa shape index (κ1) is 13.4. The van der Waals surface area contributed by atoms with Crippen LogP contribution < -0.4 is 9.47 Å². The lowest BCUT2D eigenvalue weighted by atomic mass is 9.94. The molecule has 1 aromatic carbocycles. The first-order valence-corrected chi connectivity index (χ1v) is 5.94. The van der Waals surface area contributed by atoms with Gasteiger partial charge < -0.3 is 14.2 Å². The van der Waals surface area contributed by atoms with E-state index >= 15 is 0 Å². The Morgan fingerprint density at radius 3 is 2.26 bits per heavy atom. The molecule has 0 aliphatic heterocycles. The van der Waals surface area contributed by atoms with Crippen molar-refractivity contribution in [3.05, 3.63) is 23.8 Å². The van der Waals surface area contributed by atoms with Gasteiger partial charge in [0.15, 0.2) is 5.78 Å². The molecule has 0 heterocycles. The molecule has 5 nitrogen and oxygen atoms in total. The van der Waals surface area contributed by atoms with Crippen molar-refractivity contribution in [1.29, 1.82) is 0 Å². The Labute approximate surface area is 111 Å². The average molecular weight is 264 g/mol. The molecule has 1 fully saturated rings. The fourth-order valence-electron chi connectivity index (χ4n) is 2.09. The van der Waals surface area contributed by atoms with Crippen molar-refractivity contribution >= 4 is 11.8 Å². The maximum Gasteiger partial charge on any atom is 0.319 e. The highest BCUT2D eigenvalue weighted by molar-refractivity contribution is 6.16. The van der Waals surface area contributed by atoms with E-state index in [1.165, 1.54) is 21.3 Å². The molecule has 0 amide bonds. The molecule has 102 valence electrons. The predicted octanol–water partition coefficient (Wildman–Crippen LogP) is 1.84. The Kier molecular flexibility index (Phi) is 3.46. The smallest absolute Gasteiger partial charge is 0.319 e. The number of hydrogen-bond acceptors (Lipinski definition) is 5. The van der Waals surface area contributed by atoms with Gasteiger partial charge >= 0.3 is 5.97 Å². The molecule has 0 spiro atoms. The molecule has 1 aromatic rings.